The number of carbonyl (C=O) groups excluding carboxylic acids is 1. The number of methoxy groups -OCH3 is 1. The highest BCUT2D eigenvalue weighted by Gasteiger charge is 2.23. The van der Waals surface area contributed by atoms with E-state index in [1.807, 2.05) is 18.2 Å². The van der Waals surface area contributed by atoms with E-state index in [2.05, 4.69) is 4.98 Å². The number of nitrogens with zero attached hydrogens (tertiary/aromatic N) is 2. The summed E-state index contributed by atoms with van der Waals surface area (Å²) in [5, 5.41) is 0.585. The van der Waals surface area contributed by atoms with E-state index in [-0.39, 0.29) is 35.2 Å². The standard InChI is InChI=1S/C25H22F2N2O4S2/c1-4-33-24(31)21-14(2)20-22(35-21)28-25(34-13-16-17(26)9-7-10-18(16)27)29(23(20)30)12-15-8-5-6-11-19(15)32-3/h5-11H,4,12-13H2,1-3H3. The zero-order chi connectivity index (χ0) is 25.1. The second kappa shape index (κ2) is 10.6. The Labute approximate surface area is 208 Å². The number of fused-ring (bicyclic) bond motifs is 1. The molecule has 0 saturated carbocycles. The molecule has 182 valence electrons. The molecule has 4 aromatic rings. The van der Waals surface area contributed by atoms with Crippen LogP contribution >= 0.6 is 23.1 Å². The van der Waals surface area contributed by atoms with Crippen LogP contribution in [0.1, 0.15) is 33.3 Å². The Kier molecular flexibility index (Phi) is 7.51. The Morgan fingerprint density at radius 2 is 1.86 bits per heavy atom. The molecular weight excluding hydrogens is 494 g/mol. The maximum atomic E-state index is 14.2. The van der Waals surface area contributed by atoms with Crippen LogP contribution in [0.4, 0.5) is 8.78 Å². The van der Waals surface area contributed by atoms with Crippen LogP contribution in [0, 0.1) is 18.6 Å². The number of benzene rings is 2. The summed E-state index contributed by atoms with van der Waals surface area (Å²) in [6, 6.07) is 10.9. The molecule has 0 radical (unpaired) electrons. The molecule has 0 aliphatic heterocycles. The number of para-hydroxylation sites is 1. The molecule has 0 saturated heterocycles. The van der Waals surface area contributed by atoms with Crippen molar-refractivity contribution < 1.29 is 23.0 Å². The molecule has 0 atom stereocenters. The van der Waals surface area contributed by atoms with Crippen molar-refractivity contribution in [1.82, 2.24) is 9.55 Å². The van der Waals surface area contributed by atoms with Gasteiger partial charge in [0.1, 0.15) is 27.1 Å². The van der Waals surface area contributed by atoms with E-state index >= 15 is 0 Å². The molecule has 4 rings (SSSR count). The summed E-state index contributed by atoms with van der Waals surface area (Å²) in [5.41, 5.74) is 0.758. The van der Waals surface area contributed by atoms with Crippen molar-refractivity contribution in [1.29, 1.82) is 0 Å². The highest BCUT2D eigenvalue weighted by Crippen LogP contribution is 2.32. The summed E-state index contributed by atoms with van der Waals surface area (Å²) in [7, 11) is 1.54. The molecule has 0 bridgehead atoms. The SMILES string of the molecule is CCOC(=O)c1sc2nc(SCc3c(F)cccc3F)n(Cc3ccccc3OC)c(=O)c2c1C. The van der Waals surface area contributed by atoms with Gasteiger partial charge in [-0.3, -0.25) is 9.36 Å². The number of rotatable bonds is 8. The van der Waals surface area contributed by atoms with E-state index in [0.29, 0.717) is 26.4 Å². The Morgan fingerprint density at radius 1 is 1.14 bits per heavy atom. The molecular formula is C25H22F2N2O4S2. The Bertz CT molecular complexity index is 1450. The molecule has 0 aliphatic carbocycles. The third kappa shape index (κ3) is 4.94. The third-order valence-corrected chi connectivity index (χ3v) is 7.57. The van der Waals surface area contributed by atoms with E-state index < -0.39 is 17.6 Å². The van der Waals surface area contributed by atoms with Crippen molar-refractivity contribution in [3.8, 4) is 5.75 Å². The Hall–Kier alpha value is -3.24. The second-order valence-electron chi connectivity index (χ2n) is 7.54. The predicted molar refractivity (Wildman–Crippen MR) is 133 cm³/mol. The molecule has 0 amide bonds. The lowest BCUT2D eigenvalue weighted by atomic mass is 10.2. The monoisotopic (exact) mass is 516 g/mol. The van der Waals surface area contributed by atoms with Crippen molar-refractivity contribution in [3.63, 3.8) is 0 Å². The fourth-order valence-electron chi connectivity index (χ4n) is 3.65. The van der Waals surface area contributed by atoms with Crippen LogP contribution in [0.25, 0.3) is 10.2 Å². The molecule has 0 fully saturated rings. The summed E-state index contributed by atoms with van der Waals surface area (Å²) in [4.78, 5) is 31.4. The zero-order valence-electron chi connectivity index (χ0n) is 19.3. The quantitative estimate of drug-likeness (QED) is 0.173. The first-order valence-electron chi connectivity index (χ1n) is 10.7. The lowest BCUT2D eigenvalue weighted by molar-refractivity contribution is 0.0531. The van der Waals surface area contributed by atoms with Crippen LogP contribution in [0.5, 0.6) is 5.75 Å². The van der Waals surface area contributed by atoms with E-state index in [1.165, 1.54) is 29.9 Å². The normalized spacial score (nSPS) is 11.1. The van der Waals surface area contributed by atoms with Gasteiger partial charge in [0, 0.05) is 16.9 Å². The molecule has 35 heavy (non-hydrogen) atoms. The zero-order valence-corrected chi connectivity index (χ0v) is 20.9. The van der Waals surface area contributed by atoms with Crippen LogP contribution < -0.4 is 10.3 Å². The van der Waals surface area contributed by atoms with Gasteiger partial charge in [0.2, 0.25) is 0 Å². The van der Waals surface area contributed by atoms with Gasteiger partial charge in [-0.15, -0.1) is 11.3 Å². The van der Waals surface area contributed by atoms with E-state index in [4.69, 9.17) is 9.47 Å². The van der Waals surface area contributed by atoms with Gasteiger partial charge in [-0.05, 0) is 37.6 Å². The van der Waals surface area contributed by atoms with Gasteiger partial charge in [0.25, 0.3) is 5.56 Å². The van der Waals surface area contributed by atoms with Gasteiger partial charge in [-0.25, -0.2) is 18.6 Å². The van der Waals surface area contributed by atoms with Gasteiger partial charge < -0.3 is 9.47 Å². The Morgan fingerprint density at radius 3 is 2.54 bits per heavy atom. The van der Waals surface area contributed by atoms with Crippen LogP contribution in [-0.2, 0) is 17.0 Å². The number of aryl methyl sites for hydroxylation is 1. The first kappa shape index (κ1) is 24.9. The largest absolute Gasteiger partial charge is 0.496 e. The van der Waals surface area contributed by atoms with Crippen LogP contribution in [0.2, 0.25) is 0 Å². The minimum absolute atomic E-state index is 0.0720. The van der Waals surface area contributed by atoms with Crippen molar-refractivity contribution in [2.45, 2.75) is 31.3 Å². The van der Waals surface area contributed by atoms with Crippen LogP contribution in [-0.4, -0.2) is 29.2 Å². The molecule has 2 heterocycles. The van der Waals surface area contributed by atoms with Gasteiger partial charge in [0.05, 0.1) is 25.6 Å². The fourth-order valence-corrected chi connectivity index (χ4v) is 5.78. The van der Waals surface area contributed by atoms with Crippen molar-refractivity contribution in [2.75, 3.05) is 13.7 Å². The number of thiophene rings is 1. The van der Waals surface area contributed by atoms with E-state index in [0.717, 1.165) is 28.7 Å². The molecule has 2 aromatic heterocycles. The molecule has 0 spiro atoms. The summed E-state index contributed by atoms with van der Waals surface area (Å²) >= 11 is 2.11. The second-order valence-corrected chi connectivity index (χ2v) is 9.48. The minimum atomic E-state index is -0.672. The fraction of sp³-hybridized carbons (Fsp3) is 0.240. The molecule has 0 N–H and O–H groups in total. The number of hydrogen-bond donors (Lipinski definition) is 0. The third-order valence-electron chi connectivity index (χ3n) is 5.40. The average molecular weight is 517 g/mol. The number of aromatic nitrogens is 2. The minimum Gasteiger partial charge on any atom is -0.496 e. The lowest BCUT2D eigenvalue weighted by Gasteiger charge is -2.14. The lowest BCUT2D eigenvalue weighted by Crippen LogP contribution is -2.24. The van der Waals surface area contributed by atoms with Crippen LogP contribution in [0.3, 0.4) is 0 Å². The summed E-state index contributed by atoms with van der Waals surface area (Å²) < 4.78 is 40.5. The van der Waals surface area contributed by atoms with E-state index in [9.17, 15) is 18.4 Å². The van der Waals surface area contributed by atoms with Crippen molar-refractivity contribution in [3.05, 3.63) is 86.0 Å². The Balaban J connectivity index is 1.85. The predicted octanol–water partition coefficient (Wildman–Crippen LogP) is 5.57. The molecule has 10 heteroatoms. The first-order valence-corrected chi connectivity index (χ1v) is 12.5. The molecule has 0 unspecified atom stereocenters. The topological polar surface area (TPSA) is 70.4 Å². The van der Waals surface area contributed by atoms with Gasteiger partial charge in [-0.1, -0.05) is 36.0 Å². The maximum absolute atomic E-state index is 14.2. The first-order chi connectivity index (χ1) is 16.8. The highest BCUT2D eigenvalue weighted by atomic mass is 32.2. The van der Waals surface area contributed by atoms with Crippen molar-refractivity contribution >= 4 is 39.3 Å². The number of carbonyl (C=O) groups is 1. The van der Waals surface area contributed by atoms with Crippen LogP contribution in [0.15, 0.2) is 52.4 Å². The average Bonchev–Trinajstić information content (AvgIpc) is 3.17. The molecule has 0 aliphatic rings. The number of hydrogen-bond acceptors (Lipinski definition) is 7. The highest BCUT2D eigenvalue weighted by molar-refractivity contribution is 7.98. The number of thioether (sulfide) groups is 1. The maximum Gasteiger partial charge on any atom is 0.348 e. The summed E-state index contributed by atoms with van der Waals surface area (Å²) in [5.74, 6) is -1.35. The van der Waals surface area contributed by atoms with Gasteiger partial charge >= 0.3 is 5.97 Å². The molecule has 2 aromatic carbocycles. The van der Waals surface area contributed by atoms with Gasteiger partial charge in [-0.2, -0.15) is 0 Å². The number of halogens is 2. The van der Waals surface area contributed by atoms with Crippen molar-refractivity contribution in [2.24, 2.45) is 0 Å². The van der Waals surface area contributed by atoms with Gasteiger partial charge in [0.15, 0.2) is 5.16 Å². The summed E-state index contributed by atoms with van der Waals surface area (Å²) in [6.45, 7) is 3.71. The van der Waals surface area contributed by atoms with E-state index in [1.54, 1.807) is 19.9 Å². The smallest absolute Gasteiger partial charge is 0.348 e. The summed E-state index contributed by atoms with van der Waals surface area (Å²) in [6.07, 6.45) is 0. The number of ether oxygens (including phenoxy) is 2. The number of esters is 1. The molecule has 6 nitrogen and oxygen atoms in total.